The number of urea groups is 2. The van der Waals surface area contributed by atoms with Crippen LogP contribution < -0.4 is 5.32 Å². The zero-order valence-corrected chi connectivity index (χ0v) is 20.0. The molecular formula is C25H30N4O6. The monoisotopic (exact) mass is 482 g/mol. The van der Waals surface area contributed by atoms with Gasteiger partial charge in [0.25, 0.3) is 0 Å². The summed E-state index contributed by atoms with van der Waals surface area (Å²) in [6.45, 7) is 4.89. The molecule has 10 heteroatoms. The molecule has 0 aliphatic carbocycles. The van der Waals surface area contributed by atoms with E-state index in [2.05, 4.69) is 5.32 Å². The summed E-state index contributed by atoms with van der Waals surface area (Å²) in [5.74, 6) is 0. The number of hydrogen-bond donors (Lipinski definition) is 1. The van der Waals surface area contributed by atoms with Crippen LogP contribution in [0.4, 0.5) is 19.2 Å². The Morgan fingerprint density at radius 2 is 1.37 bits per heavy atom. The predicted molar refractivity (Wildman–Crippen MR) is 127 cm³/mol. The highest BCUT2D eigenvalue weighted by Gasteiger charge is 2.37. The minimum absolute atomic E-state index is 0.0294. The van der Waals surface area contributed by atoms with Crippen molar-refractivity contribution in [3.63, 3.8) is 0 Å². The topological polar surface area (TPSA) is 108 Å². The van der Waals surface area contributed by atoms with E-state index in [4.69, 9.17) is 9.47 Å². The van der Waals surface area contributed by atoms with Crippen molar-refractivity contribution in [1.82, 2.24) is 20.0 Å². The second-order valence-electron chi connectivity index (χ2n) is 8.34. The minimum Gasteiger partial charge on any atom is -0.444 e. The van der Waals surface area contributed by atoms with Crippen LogP contribution in [0.2, 0.25) is 0 Å². The van der Waals surface area contributed by atoms with E-state index in [9.17, 15) is 19.2 Å². The first-order valence-electron chi connectivity index (χ1n) is 11.3. The van der Waals surface area contributed by atoms with Gasteiger partial charge >= 0.3 is 24.2 Å². The van der Waals surface area contributed by atoms with Crippen molar-refractivity contribution < 1.29 is 28.7 Å². The Balaban J connectivity index is 0.000000196. The molecule has 0 unspecified atom stereocenters. The summed E-state index contributed by atoms with van der Waals surface area (Å²) in [7, 11) is 1.68. The Kier molecular flexibility index (Phi) is 8.66. The van der Waals surface area contributed by atoms with Crippen LogP contribution in [-0.4, -0.2) is 71.2 Å². The smallest absolute Gasteiger partial charge is 0.418 e. The van der Waals surface area contributed by atoms with Crippen LogP contribution in [0.25, 0.3) is 0 Å². The SMILES string of the molecule is C[C@@H]1CN(C(=O)OCc2ccccc2)C(=O)N1C.C[C@@H]1CNC(=O)N1C(=O)OCc1ccccc1. The Hall–Kier alpha value is -4.08. The second kappa shape index (κ2) is 11.9. The van der Waals surface area contributed by atoms with Crippen LogP contribution in [0.1, 0.15) is 25.0 Å². The van der Waals surface area contributed by atoms with E-state index in [0.29, 0.717) is 13.1 Å². The van der Waals surface area contributed by atoms with Crippen molar-refractivity contribution in [3.8, 4) is 0 Å². The number of amides is 6. The normalized spacial score (nSPS) is 19.1. The molecule has 2 saturated heterocycles. The van der Waals surface area contributed by atoms with Crippen molar-refractivity contribution in [2.45, 2.75) is 39.1 Å². The molecule has 2 aromatic rings. The van der Waals surface area contributed by atoms with Crippen LogP contribution in [0.15, 0.2) is 60.7 Å². The molecule has 0 bridgehead atoms. The van der Waals surface area contributed by atoms with Gasteiger partial charge in [0.05, 0.1) is 12.6 Å². The molecule has 10 nitrogen and oxygen atoms in total. The molecule has 0 saturated carbocycles. The van der Waals surface area contributed by atoms with Gasteiger partial charge < -0.3 is 19.7 Å². The number of imide groups is 2. The van der Waals surface area contributed by atoms with Gasteiger partial charge in [-0.15, -0.1) is 0 Å². The van der Waals surface area contributed by atoms with Crippen molar-refractivity contribution in [2.24, 2.45) is 0 Å². The first-order valence-corrected chi connectivity index (χ1v) is 11.3. The molecule has 2 fully saturated rings. The maximum Gasteiger partial charge on any atom is 0.418 e. The van der Waals surface area contributed by atoms with E-state index in [0.717, 1.165) is 20.9 Å². The molecule has 4 rings (SSSR count). The van der Waals surface area contributed by atoms with E-state index in [-0.39, 0.29) is 31.3 Å². The van der Waals surface area contributed by atoms with Crippen LogP contribution in [0, 0.1) is 0 Å². The third kappa shape index (κ3) is 6.72. The molecule has 1 N–H and O–H groups in total. The number of likely N-dealkylation sites (N-methyl/N-ethyl adjacent to an activating group) is 1. The summed E-state index contributed by atoms with van der Waals surface area (Å²) in [5.41, 5.74) is 1.80. The van der Waals surface area contributed by atoms with Gasteiger partial charge in [0.1, 0.15) is 13.2 Å². The van der Waals surface area contributed by atoms with Crippen LogP contribution in [0.3, 0.4) is 0 Å². The van der Waals surface area contributed by atoms with Gasteiger partial charge in [-0.3, -0.25) is 0 Å². The van der Waals surface area contributed by atoms with Crippen LogP contribution in [-0.2, 0) is 22.7 Å². The molecule has 0 radical (unpaired) electrons. The number of rotatable bonds is 4. The lowest BCUT2D eigenvalue weighted by atomic mass is 10.2. The van der Waals surface area contributed by atoms with E-state index >= 15 is 0 Å². The van der Waals surface area contributed by atoms with Gasteiger partial charge in [0.15, 0.2) is 0 Å². The lowest BCUT2D eigenvalue weighted by Crippen LogP contribution is -2.38. The molecule has 0 spiro atoms. The number of benzene rings is 2. The number of carbonyl (C=O) groups excluding carboxylic acids is 4. The Morgan fingerprint density at radius 1 is 0.857 bits per heavy atom. The molecule has 0 aromatic heterocycles. The molecule has 2 aromatic carbocycles. The standard InChI is InChI=1S/C13H16N2O3.C12H14N2O3/c1-10-8-15(12(16)14(10)2)13(17)18-9-11-6-4-3-5-7-11;1-9-7-13-11(15)14(9)12(16)17-8-10-5-3-2-4-6-10/h3-7,10H,8-9H2,1-2H3;2-6,9H,7-8H2,1H3,(H,13,15)/t10-;9-/m11/s1. The third-order valence-electron chi connectivity index (χ3n) is 5.68. The van der Waals surface area contributed by atoms with E-state index in [1.807, 2.05) is 67.6 Å². The highest BCUT2D eigenvalue weighted by Crippen LogP contribution is 2.15. The molecule has 2 atom stereocenters. The minimum atomic E-state index is -0.601. The van der Waals surface area contributed by atoms with E-state index < -0.39 is 18.2 Å². The average molecular weight is 483 g/mol. The average Bonchev–Trinajstić information content (AvgIpc) is 3.35. The van der Waals surface area contributed by atoms with E-state index in [1.165, 1.54) is 4.90 Å². The summed E-state index contributed by atoms with van der Waals surface area (Å²) in [6.07, 6.45) is -1.18. The van der Waals surface area contributed by atoms with Gasteiger partial charge in [-0.05, 0) is 25.0 Å². The Morgan fingerprint density at radius 3 is 1.80 bits per heavy atom. The highest BCUT2D eigenvalue weighted by molar-refractivity contribution is 5.93. The maximum atomic E-state index is 11.8. The summed E-state index contributed by atoms with van der Waals surface area (Å²) < 4.78 is 10.2. The quantitative estimate of drug-likeness (QED) is 0.710. The van der Waals surface area contributed by atoms with Crippen molar-refractivity contribution >= 4 is 24.2 Å². The first-order chi connectivity index (χ1) is 16.8. The number of nitrogens with one attached hydrogen (secondary N) is 1. The second-order valence-corrected chi connectivity index (χ2v) is 8.34. The van der Waals surface area contributed by atoms with Crippen molar-refractivity contribution in [1.29, 1.82) is 0 Å². The zero-order chi connectivity index (χ0) is 25.4. The van der Waals surface area contributed by atoms with E-state index in [1.54, 1.807) is 14.0 Å². The lowest BCUT2D eigenvalue weighted by Gasteiger charge is -2.17. The summed E-state index contributed by atoms with van der Waals surface area (Å²) in [5, 5.41) is 2.58. The fraction of sp³-hybridized carbons (Fsp3) is 0.360. The summed E-state index contributed by atoms with van der Waals surface area (Å²) in [4.78, 5) is 50.3. The maximum absolute atomic E-state index is 11.8. The highest BCUT2D eigenvalue weighted by atomic mass is 16.6. The molecule has 2 aliphatic rings. The molecule has 6 amide bonds. The predicted octanol–water partition coefficient (Wildman–Crippen LogP) is 3.82. The van der Waals surface area contributed by atoms with Gasteiger partial charge in [-0.1, -0.05) is 60.7 Å². The number of hydrogen-bond acceptors (Lipinski definition) is 6. The van der Waals surface area contributed by atoms with Crippen LogP contribution in [0.5, 0.6) is 0 Å². The molecule has 35 heavy (non-hydrogen) atoms. The van der Waals surface area contributed by atoms with Gasteiger partial charge in [0.2, 0.25) is 0 Å². The van der Waals surface area contributed by atoms with Crippen molar-refractivity contribution in [3.05, 3.63) is 71.8 Å². The lowest BCUT2D eigenvalue weighted by molar-refractivity contribution is 0.103. The largest absolute Gasteiger partial charge is 0.444 e. The summed E-state index contributed by atoms with van der Waals surface area (Å²) >= 11 is 0. The fourth-order valence-corrected chi connectivity index (χ4v) is 3.46. The fourth-order valence-electron chi connectivity index (χ4n) is 3.46. The molecular weight excluding hydrogens is 452 g/mol. The first kappa shape index (κ1) is 25.5. The Bertz CT molecular complexity index is 1030. The molecule has 2 aliphatic heterocycles. The third-order valence-corrected chi connectivity index (χ3v) is 5.68. The molecule has 186 valence electrons. The van der Waals surface area contributed by atoms with Crippen molar-refractivity contribution in [2.75, 3.05) is 20.1 Å². The number of nitrogens with zero attached hydrogens (tertiary/aromatic N) is 3. The van der Waals surface area contributed by atoms with Gasteiger partial charge in [0, 0.05) is 19.6 Å². The summed E-state index contributed by atoms with van der Waals surface area (Å²) in [6, 6.07) is 17.9. The van der Waals surface area contributed by atoms with Gasteiger partial charge in [-0.25, -0.2) is 29.0 Å². The van der Waals surface area contributed by atoms with Crippen LogP contribution >= 0.6 is 0 Å². The Labute approximate surface area is 204 Å². The number of ether oxygens (including phenoxy) is 2. The number of carbonyl (C=O) groups is 4. The van der Waals surface area contributed by atoms with Gasteiger partial charge in [-0.2, -0.15) is 0 Å². The molecule has 2 heterocycles. The zero-order valence-electron chi connectivity index (χ0n) is 20.0.